The lowest BCUT2D eigenvalue weighted by atomic mass is 10.2. The Hall–Kier alpha value is -1.63. The van der Waals surface area contributed by atoms with E-state index < -0.39 is 9.84 Å². The maximum atomic E-state index is 11.7. The van der Waals surface area contributed by atoms with Crippen molar-refractivity contribution in [3.63, 3.8) is 0 Å². The van der Waals surface area contributed by atoms with Gasteiger partial charge in [-0.1, -0.05) is 0 Å². The highest BCUT2D eigenvalue weighted by Gasteiger charge is 2.29. The maximum Gasteiger partial charge on any atom is 0.253 e. The highest BCUT2D eigenvalue weighted by Crippen LogP contribution is 2.12. The summed E-state index contributed by atoms with van der Waals surface area (Å²) in [5.41, 5.74) is 5.78. The van der Waals surface area contributed by atoms with Crippen LogP contribution in [0.2, 0.25) is 0 Å². The number of anilines is 1. The fourth-order valence-corrected chi connectivity index (χ4v) is 3.39. The molecule has 0 radical (unpaired) electrons. The molecular formula is C10H13N3O3S. The number of carbonyl (C=O) groups is 1. The summed E-state index contributed by atoms with van der Waals surface area (Å²) >= 11 is 0. The number of aromatic nitrogens is 1. The third-order valence-electron chi connectivity index (χ3n) is 2.62. The zero-order valence-electron chi connectivity index (χ0n) is 9.09. The van der Waals surface area contributed by atoms with E-state index in [4.69, 9.17) is 5.73 Å². The van der Waals surface area contributed by atoms with E-state index in [1.807, 2.05) is 0 Å². The monoisotopic (exact) mass is 255 g/mol. The first-order valence-electron chi connectivity index (χ1n) is 5.19. The number of pyridine rings is 1. The van der Waals surface area contributed by atoms with E-state index in [9.17, 15) is 13.2 Å². The number of rotatable bonds is 2. The SMILES string of the molecule is Nc1ccc(C(=O)NC2CCS(=O)(=O)C2)cn1. The van der Waals surface area contributed by atoms with Crippen molar-refractivity contribution >= 4 is 21.6 Å². The van der Waals surface area contributed by atoms with Crippen molar-refractivity contribution in [1.82, 2.24) is 10.3 Å². The van der Waals surface area contributed by atoms with Crippen molar-refractivity contribution in [1.29, 1.82) is 0 Å². The van der Waals surface area contributed by atoms with Crippen molar-refractivity contribution in [2.24, 2.45) is 0 Å². The first-order valence-corrected chi connectivity index (χ1v) is 7.01. The minimum atomic E-state index is -2.98. The summed E-state index contributed by atoms with van der Waals surface area (Å²) in [6.07, 6.45) is 1.84. The van der Waals surface area contributed by atoms with Crippen LogP contribution in [0.15, 0.2) is 18.3 Å². The molecule has 6 nitrogen and oxygen atoms in total. The van der Waals surface area contributed by atoms with Gasteiger partial charge in [0.2, 0.25) is 0 Å². The van der Waals surface area contributed by atoms with Gasteiger partial charge in [-0.3, -0.25) is 4.79 Å². The van der Waals surface area contributed by atoms with Crippen LogP contribution in [0, 0.1) is 0 Å². The van der Waals surface area contributed by atoms with Gasteiger partial charge in [-0.15, -0.1) is 0 Å². The normalized spacial score (nSPS) is 22.2. The van der Waals surface area contributed by atoms with Crippen LogP contribution in [0.4, 0.5) is 5.82 Å². The Morgan fingerprint density at radius 2 is 2.24 bits per heavy atom. The van der Waals surface area contributed by atoms with Crippen LogP contribution in [0.25, 0.3) is 0 Å². The number of nitrogens with one attached hydrogen (secondary N) is 1. The lowest BCUT2D eigenvalue weighted by molar-refractivity contribution is 0.0941. The molecule has 17 heavy (non-hydrogen) atoms. The zero-order valence-corrected chi connectivity index (χ0v) is 9.90. The van der Waals surface area contributed by atoms with Gasteiger partial charge in [-0.05, 0) is 18.6 Å². The average Bonchev–Trinajstić information content (AvgIpc) is 2.59. The smallest absolute Gasteiger partial charge is 0.253 e. The topological polar surface area (TPSA) is 102 Å². The number of carbonyl (C=O) groups excluding carboxylic acids is 1. The second kappa shape index (κ2) is 4.33. The largest absolute Gasteiger partial charge is 0.384 e. The molecule has 1 aromatic rings. The molecule has 1 aliphatic rings. The van der Waals surface area contributed by atoms with E-state index in [0.29, 0.717) is 17.8 Å². The number of nitrogens with two attached hydrogens (primary N) is 1. The molecule has 7 heteroatoms. The molecule has 1 saturated heterocycles. The lowest BCUT2D eigenvalue weighted by Crippen LogP contribution is -2.35. The molecule has 0 spiro atoms. The van der Waals surface area contributed by atoms with Gasteiger partial charge in [-0.25, -0.2) is 13.4 Å². The molecule has 1 aromatic heterocycles. The van der Waals surface area contributed by atoms with Crippen LogP contribution < -0.4 is 11.1 Å². The molecule has 1 unspecified atom stereocenters. The van der Waals surface area contributed by atoms with Gasteiger partial charge in [-0.2, -0.15) is 0 Å². The van der Waals surface area contributed by atoms with Crippen LogP contribution >= 0.6 is 0 Å². The summed E-state index contributed by atoms with van der Waals surface area (Å²) in [5, 5.41) is 2.67. The molecule has 2 heterocycles. The summed E-state index contributed by atoms with van der Waals surface area (Å²) in [6, 6.07) is 2.78. The fraction of sp³-hybridized carbons (Fsp3) is 0.400. The summed E-state index contributed by atoms with van der Waals surface area (Å²) in [5.74, 6) is 0.170. The molecule has 3 N–H and O–H groups in total. The molecule has 1 amide bonds. The summed E-state index contributed by atoms with van der Waals surface area (Å²) in [7, 11) is -2.98. The van der Waals surface area contributed by atoms with Crippen LogP contribution in [-0.2, 0) is 9.84 Å². The zero-order chi connectivity index (χ0) is 12.5. The Kier molecular flexibility index (Phi) is 3.01. The Morgan fingerprint density at radius 1 is 1.47 bits per heavy atom. The van der Waals surface area contributed by atoms with E-state index in [1.165, 1.54) is 12.3 Å². The van der Waals surface area contributed by atoms with E-state index in [-0.39, 0.29) is 23.5 Å². The molecule has 2 rings (SSSR count). The van der Waals surface area contributed by atoms with E-state index in [0.717, 1.165) is 0 Å². The standard InChI is InChI=1S/C10H13N3O3S/c11-9-2-1-7(5-12-9)10(14)13-8-3-4-17(15,16)6-8/h1-2,5,8H,3-4,6H2,(H2,11,12)(H,13,14). The number of hydrogen-bond donors (Lipinski definition) is 2. The predicted molar refractivity (Wildman–Crippen MR) is 63.2 cm³/mol. The molecule has 1 fully saturated rings. The van der Waals surface area contributed by atoms with Crippen LogP contribution in [0.5, 0.6) is 0 Å². The van der Waals surface area contributed by atoms with Crippen molar-refractivity contribution in [2.75, 3.05) is 17.2 Å². The molecule has 0 saturated carbocycles. The Bertz CT molecular complexity index is 524. The van der Waals surface area contributed by atoms with E-state index >= 15 is 0 Å². The first kappa shape index (κ1) is 11.8. The molecule has 1 atom stereocenters. The average molecular weight is 255 g/mol. The maximum absolute atomic E-state index is 11.7. The van der Waals surface area contributed by atoms with Gasteiger partial charge in [0, 0.05) is 12.2 Å². The number of amides is 1. The Balaban J connectivity index is 2.01. The van der Waals surface area contributed by atoms with Gasteiger partial charge in [0.25, 0.3) is 5.91 Å². The molecule has 92 valence electrons. The van der Waals surface area contributed by atoms with Gasteiger partial charge in [0.15, 0.2) is 9.84 Å². The van der Waals surface area contributed by atoms with Gasteiger partial charge >= 0.3 is 0 Å². The second-order valence-electron chi connectivity index (χ2n) is 4.05. The summed E-state index contributed by atoms with van der Waals surface area (Å²) in [6.45, 7) is 0. The molecule has 0 aliphatic carbocycles. The molecule has 0 aromatic carbocycles. The van der Waals surface area contributed by atoms with Crippen LogP contribution in [-0.4, -0.2) is 36.9 Å². The summed E-state index contributed by atoms with van der Waals surface area (Å²) in [4.78, 5) is 15.5. The molecule has 0 bridgehead atoms. The minimum absolute atomic E-state index is 0.0150. The first-order chi connectivity index (χ1) is 7.96. The van der Waals surface area contributed by atoms with Gasteiger partial charge in [0.05, 0.1) is 17.1 Å². The third kappa shape index (κ3) is 2.94. The Labute approximate surface area is 99.1 Å². The quantitative estimate of drug-likeness (QED) is 0.747. The van der Waals surface area contributed by atoms with Crippen molar-refractivity contribution in [3.8, 4) is 0 Å². The predicted octanol–water partition coefficient (Wildman–Crippen LogP) is -0.419. The number of nitrogen functional groups attached to an aromatic ring is 1. The van der Waals surface area contributed by atoms with Crippen molar-refractivity contribution < 1.29 is 13.2 Å². The lowest BCUT2D eigenvalue weighted by Gasteiger charge is -2.10. The number of sulfone groups is 1. The fourth-order valence-electron chi connectivity index (χ4n) is 1.72. The van der Waals surface area contributed by atoms with Crippen molar-refractivity contribution in [2.45, 2.75) is 12.5 Å². The van der Waals surface area contributed by atoms with Crippen LogP contribution in [0.3, 0.4) is 0 Å². The van der Waals surface area contributed by atoms with E-state index in [2.05, 4.69) is 10.3 Å². The van der Waals surface area contributed by atoms with Crippen molar-refractivity contribution in [3.05, 3.63) is 23.9 Å². The summed E-state index contributed by atoms with van der Waals surface area (Å²) < 4.78 is 22.4. The molecular weight excluding hydrogens is 242 g/mol. The highest BCUT2D eigenvalue weighted by molar-refractivity contribution is 7.91. The second-order valence-corrected chi connectivity index (χ2v) is 6.27. The van der Waals surface area contributed by atoms with Crippen LogP contribution in [0.1, 0.15) is 16.8 Å². The number of nitrogens with zero attached hydrogens (tertiary/aromatic N) is 1. The van der Waals surface area contributed by atoms with Gasteiger partial charge in [0.1, 0.15) is 5.82 Å². The minimum Gasteiger partial charge on any atom is -0.384 e. The van der Waals surface area contributed by atoms with E-state index in [1.54, 1.807) is 6.07 Å². The molecule has 1 aliphatic heterocycles. The van der Waals surface area contributed by atoms with Gasteiger partial charge < -0.3 is 11.1 Å². The highest BCUT2D eigenvalue weighted by atomic mass is 32.2. The third-order valence-corrected chi connectivity index (χ3v) is 4.38. The Morgan fingerprint density at radius 3 is 2.76 bits per heavy atom. The number of hydrogen-bond acceptors (Lipinski definition) is 5.